The average molecular weight is 316 g/mol. The van der Waals surface area contributed by atoms with Crippen LogP contribution in [0.1, 0.15) is 11.1 Å². The van der Waals surface area contributed by atoms with Crippen LogP contribution < -0.4 is 0 Å². The van der Waals surface area contributed by atoms with Crippen LogP contribution >= 0.6 is 0 Å². The zero-order chi connectivity index (χ0) is 16.6. The predicted octanol–water partition coefficient (Wildman–Crippen LogP) is 3.97. The van der Waals surface area contributed by atoms with Gasteiger partial charge in [-0.2, -0.15) is 5.26 Å². The number of ether oxygens (including phenoxy) is 1. The van der Waals surface area contributed by atoms with Crippen LogP contribution in [0.3, 0.4) is 0 Å². The van der Waals surface area contributed by atoms with Gasteiger partial charge in [0.1, 0.15) is 0 Å². The van der Waals surface area contributed by atoms with Crippen LogP contribution in [0.4, 0.5) is 0 Å². The van der Waals surface area contributed by atoms with E-state index in [1.807, 2.05) is 54.6 Å². The summed E-state index contributed by atoms with van der Waals surface area (Å²) in [4.78, 5) is 2.25. The van der Waals surface area contributed by atoms with Gasteiger partial charge in [0.2, 0.25) is 0 Å². The van der Waals surface area contributed by atoms with Crippen molar-refractivity contribution >= 4 is 11.1 Å². The van der Waals surface area contributed by atoms with Gasteiger partial charge in [0.15, 0.2) is 0 Å². The molecule has 0 aliphatic carbocycles. The molecule has 3 rings (SSSR count). The molecule has 1 heterocycles. The lowest BCUT2D eigenvalue weighted by molar-refractivity contribution is 0.0596. The minimum Gasteiger partial charge on any atom is -0.378 e. The Morgan fingerprint density at radius 2 is 1.50 bits per heavy atom. The second-order valence-electron chi connectivity index (χ2n) is 5.63. The zero-order valence-electron chi connectivity index (χ0n) is 13.6. The van der Waals surface area contributed by atoms with Gasteiger partial charge >= 0.3 is 0 Å². The van der Waals surface area contributed by atoms with E-state index in [4.69, 9.17) is 4.74 Å². The smallest absolute Gasteiger partial charge is 0.0998 e. The monoisotopic (exact) mass is 316 g/mol. The van der Waals surface area contributed by atoms with E-state index < -0.39 is 0 Å². The Kier molecular flexibility index (Phi) is 5.44. The normalized spacial score (nSPS) is 15.9. The maximum Gasteiger partial charge on any atom is 0.0998 e. The molecule has 120 valence electrons. The van der Waals surface area contributed by atoms with Gasteiger partial charge in [0.25, 0.3) is 0 Å². The molecule has 0 spiro atoms. The highest BCUT2D eigenvalue weighted by atomic mass is 16.5. The first-order valence-electron chi connectivity index (χ1n) is 8.13. The molecule has 1 saturated heterocycles. The summed E-state index contributed by atoms with van der Waals surface area (Å²) >= 11 is 0. The Hall–Kier alpha value is -2.83. The number of morpholine rings is 1. The number of hydrogen-bond donors (Lipinski definition) is 0. The molecule has 2 aromatic rings. The Bertz CT molecular complexity index is 751. The molecule has 0 unspecified atom stereocenters. The van der Waals surface area contributed by atoms with Crippen LogP contribution in [0, 0.1) is 11.3 Å². The second-order valence-corrected chi connectivity index (χ2v) is 5.63. The van der Waals surface area contributed by atoms with Crippen molar-refractivity contribution in [3.8, 4) is 6.07 Å². The highest BCUT2D eigenvalue weighted by molar-refractivity contribution is 5.88. The Balaban J connectivity index is 1.99. The van der Waals surface area contributed by atoms with E-state index in [0.717, 1.165) is 43.0 Å². The fraction of sp³-hybridized carbons (Fsp3) is 0.190. The molecule has 2 aromatic carbocycles. The van der Waals surface area contributed by atoms with Crippen LogP contribution in [-0.4, -0.2) is 31.2 Å². The van der Waals surface area contributed by atoms with Gasteiger partial charge in [-0.1, -0.05) is 60.7 Å². The maximum atomic E-state index is 9.60. The number of hydrogen-bond acceptors (Lipinski definition) is 3. The third-order valence-corrected chi connectivity index (χ3v) is 3.98. The average Bonchev–Trinajstić information content (AvgIpc) is 2.67. The Labute approximate surface area is 143 Å². The number of rotatable bonds is 4. The van der Waals surface area contributed by atoms with Crippen LogP contribution in [-0.2, 0) is 4.74 Å². The first-order chi connectivity index (χ1) is 11.9. The SMILES string of the molecule is N#C/C(=C/C(=C/N1CCOCC1)c1ccccc1)c1ccccc1. The second kappa shape index (κ2) is 8.14. The molecule has 1 aliphatic rings. The van der Waals surface area contributed by atoms with Gasteiger partial charge in [-0.15, -0.1) is 0 Å². The summed E-state index contributed by atoms with van der Waals surface area (Å²) in [6, 6.07) is 22.3. The van der Waals surface area contributed by atoms with Crippen LogP contribution in [0.25, 0.3) is 11.1 Å². The van der Waals surface area contributed by atoms with Crippen molar-refractivity contribution in [2.45, 2.75) is 0 Å². The van der Waals surface area contributed by atoms with Crippen molar-refractivity contribution in [3.63, 3.8) is 0 Å². The molecule has 0 atom stereocenters. The summed E-state index contributed by atoms with van der Waals surface area (Å²) in [7, 11) is 0. The van der Waals surface area contributed by atoms with Gasteiger partial charge in [-0.05, 0) is 22.8 Å². The topological polar surface area (TPSA) is 36.3 Å². The van der Waals surface area contributed by atoms with Gasteiger partial charge in [0, 0.05) is 19.3 Å². The molecular formula is C21H20N2O. The van der Waals surface area contributed by atoms with E-state index in [0.29, 0.717) is 5.57 Å². The number of benzene rings is 2. The molecule has 0 radical (unpaired) electrons. The van der Waals surface area contributed by atoms with Crippen LogP contribution in [0.2, 0.25) is 0 Å². The first kappa shape index (κ1) is 16.0. The third-order valence-electron chi connectivity index (χ3n) is 3.98. The molecule has 24 heavy (non-hydrogen) atoms. The lowest BCUT2D eigenvalue weighted by Crippen LogP contribution is -2.32. The van der Waals surface area contributed by atoms with Crippen LogP contribution in [0.15, 0.2) is 72.9 Å². The van der Waals surface area contributed by atoms with Crippen LogP contribution in [0.5, 0.6) is 0 Å². The van der Waals surface area contributed by atoms with E-state index in [1.54, 1.807) is 0 Å². The molecular weight excluding hydrogens is 296 g/mol. The largest absolute Gasteiger partial charge is 0.378 e. The summed E-state index contributed by atoms with van der Waals surface area (Å²) < 4.78 is 5.42. The summed E-state index contributed by atoms with van der Waals surface area (Å²) in [5.74, 6) is 0. The van der Waals surface area contributed by atoms with Gasteiger partial charge < -0.3 is 9.64 Å². The fourth-order valence-electron chi connectivity index (χ4n) is 2.68. The molecule has 0 aromatic heterocycles. The maximum absolute atomic E-state index is 9.60. The van der Waals surface area contributed by atoms with Crippen molar-refractivity contribution in [2.24, 2.45) is 0 Å². The lowest BCUT2D eigenvalue weighted by Gasteiger charge is -2.26. The quantitative estimate of drug-likeness (QED) is 0.632. The molecule has 0 amide bonds. The Morgan fingerprint density at radius 1 is 0.917 bits per heavy atom. The summed E-state index contributed by atoms with van der Waals surface area (Å²) in [5, 5.41) is 9.60. The minimum atomic E-state index is 0.666. The Morgan fingerprint density at radius 3 is 2.08 bits per heavy atom. The molecule has 1 fully saturated rings. The van der Waals surface area contributed by atoms with Crippen molar-refractivity contribution in [1.29, 1.82) is 5.26 Å². The molecule has 0 N–H and O–H groups in total. The molecule has 0 bridgehead atoms. The van der Waals surface area contributed by atoms with E-state index in [-0.39, 0.29) is 0 Å². The number of nitrogens with zero attached hydrogens (tertiary/aromatic N) is 2. The lowest BCUT2D eigenvalue weighted by atomic mass is 10.00. The van der Waals surface area contributed by atoms with Crippen molar-refractivity contribution in [3.05, 3.63) is 84.1 Å². The molecule has 3 nitrogen and oxygen atoms in total. The summed E-state index contributed by atoms with van der Waals surface area (Å²) in [6.07, 6.45) is 4.11. The molecule has 1 aliphatic heterocycles. The van der Waals surface area contributed by atoms with E-state index in [2.05, 4.69) is 29.3 Å². The molecule has 3 heteroatoms. The van der Waals surface area contributed by atoms with Gasteiger partial charge in [-0.3, -0.25) is 0 Å². The number of allylic oxidation sites excluding steroid dienone is 3. The predicted molar refractivity (Wildman–Crippen MR) is 96.8 cm³/mol. The van der Waals surface area contributed by atoms with E-state index >= 15 is 0 Å². The van der Waals surface area contributed by atoms with Gasteiger partial charge in [0.05, 0.1) is 24.9 Å². The summed E-state index contributed by atoms with van der Waals surface area (Å²) in [6.45, 7) is 3.23. The molecule has 0 saturated carbocycles. The van der Waals surface area contributed by atoms with E-state index in [9.17, 15) is 5.26 Å². The highest BCUT2D eigenvalue weighted by Crippen LogP contribution is 2.23. The van der Waals surface area contributed by atoms with Crippen molar-refractivity contribution in [2.75, 3.05) is 26.3 Å². The third kappa shape index (κ3) is 4.13. The van der Waals surface area contributed by atoms with E-state index in [1.165, 1.54) is 0 Å². The number of nitriles is 1. The standard InChI is InChI=1S/C21H20N2O/c22-16-20(18-7-3-1-4-8-18)15-21(19-9-5-2-6-10-19)17-23-11-13-24-14-12-23/h1-10,15,17H,11-14H2/b20-15-,21-17-. The minimum absolute atomic E-state index is 0.666. The first-order valence-corrected chi connectivity index (χ1v) is 8.13. The highest BCUT2D eigenvalue weighted by Gasteiger charge is 2.10. The van der Waals surface area contributed by atoms with Crippen molar-refractivity contribution < 1.29 is 4.74 Å². The zero-order valence-corrected chi connectivity index (χ0v) is 13.6. The van der Waals surface area contributed by atoms with Crippen molar-refractivity contribution in [1.82, 2.24) is 4.90 Å². The summed E-state index contributed by atoms with van der Waals surface area (Å²) in [5.41, 5.74) is 3.74. The fourth-order valence-corrected chi connectivity index (χ4v) is 2.68. The van der Waals surface area contributed by atoms with Gasteiger partial charge in [-0.25, -0.2) is 0 Å².